The lowest BCUT2D eigenvalue weighted by Gasteiger charge is -2.34. The highest BCUT2D eigenvalue weighted by atomic mass is 35.5. The predicted octanol–water partition coefficient (Wildman–Crippen LogP) is 6.75. The molecule has 0 unspecified atom stereocenters. The molecule has 8 nitrogen and oxygen atoms in total. The van der Waals surface area contributed by atoms with Crippen LogP contribution in [0.1, 0.15) is 31.4 Å². The van der Waals surface area contributed by atoms with Gasteiger partial charge >= 0.3 is 0 Å². The van der Waals surface area contributed by atoms with Crippen molar-refractivity contribution in [3.05, 3.63) is 124 Å². The van der Waals surface area contributed by atoms with Crippen molar-refractivity contribution >= 4 is 50.7 Å². The van der Waals surface area contributed by atoms with Gasteiger partial charge in [0.15, 0.2) is 0 Å². The van der Waals surface area contributed by atoms with E-state index >= 15 is 0 Å². The first kappa shape index (κ1) is 34.8. The van der Waals surface area contributed by atoms with Gasteiger partial charge in [0.1, 0.15) is 18.3 Å². The number of ether oxygens (including phenoxy) is 1. The molecule has 0 saturated carbocycles. The Morgan fingerprint density at radius 3 is 2.07 bits per heavy atom. The number of carbonyl (C=O) groups is 2. The molecule has 0 saturated heterocycles. The van der Waals surface area contributed by atoms with E-state index in [1.54, 1.807) is 54.6 Å². The van der Waals surface area contributed by atoms with E-state index in [2.05, 4.69) is 5.32 Å². The Bertz CT molecular complexity index is 1720. The lowest BCUT2D eigenvalue weighted by molar-refractivity contribution is -0.140. The molecule has 0 fully saturated rings. The van der Waals surface area contributed by atoms with Gasteiger partial charge in [-0.15, -0.1) is 0 Å². The molecule has 0 aliphatic heterocycles. The molecule has 4 aromatic rings. The molecule has 0 aromatic heterocycles. The zero-order chi connectivity index (χ0) is 33.3. The van der Waals surface area contributed by atoms with Crippen molar-refractivity contribution < 1.29 is 22.7 Å². The average Bonchev–Trinajstić information content (AvgIpc) is 3.06. The number of carbonyl (C=O) groups excluding carboxylic acids is 2. The molecule has 4 rings (SSSR count). The minimum absolute atomic E-state index is 0.0212. The van der Waals surface area contributed by atoms with Crippen LogP contribution in [0.15, 0.2) is 108 Å². The average molecular weight is 683 g/mol. The van der Waals surface area contributed by atoms with Crippen LogP contribution in [0.2, 0.25) is 10.0 Å². The number of amides is 2. The van der Waals surface area contributed by atoms with Gasteiger partial charge in [-0.3, -0.25) is 13.9 Å². The van der Waals surface area contributed by atoms with Crippen LogP contribution in [-0.2, 0) is 32.6 Å². The van der Waals surface area contributed by atoms with Crippen molar-refractivity contribution in [3.8, 4) is 5.75 Å². The van der Waals surface area contributed by atoms with Crippen LogP contribution in [0.4, 0.5) is 5.69 Å². The molecule has 2 atom stereocenters. The summed E-state index contributed by atoms with van der Waals surface area (Å²) in [6.07, 6.45) is 0.890. The molecule has 0 spiro atoms. The van der Waals surface area contributed by atoms with Crippen molar-refractivity contribution in [1.29, 1.82) is 0 Å². The van der Waals surface area contributed by atoms with Gasteiger partial charge in [0.05, 0.1) is 17.7 Å². The third-order valence-electron chi connectivity index (χ3n) is 7.56. The van der Waals surface area contributed by atoms with Gasteiger partial charge in [0.25, 0.3) is 10.0 Å². The summed E-state index contributed by atoms with van der Waals surface area (Å²) in [4.78, 5) is 29.9. The smallest absolute Gasteiger partial charge is 0.264 e. The highest BCUT2D eigenvalue weighted by molar-refractivity contribution is 7.92. The quantitative estimate of drug-likeness (QED) is 0.159. The van der Waals surface area contributed by atoms with Gasteiger partial charge in [-0.25, -0.2) is 8.42 Å². The molecule has 242 valence electrons. The van der Waals surface area contributed by atoms with Gasteiger partial charge in [-0.1, -0.05) is 90.8 Å². The van der Waals surface area contributed by atoms with Crippen molar-refractivity contribution in [3.63, 3.8) is 0 Å². The molecular formula is C35H37Cl2N3O5S. The number of nitrogens with one attached hydrogen (secondary N) is 1. The van der Waals surface area contributed by atoms with Gasteiger partial charge < -0.3 is 15.0 Å². The summed E-state index contributed by atoms with van der Waals surface area (Å²) < 4.78 is 34.9. The molecular weight excluding hydrogens is 645 g/mol. The Hall–Kier alpha value is -4.05. The van der Waals surface area contributed by atoms with Crippen LogP contribution in [0.5, 0.6) is 5.75 Å². The lowest BCUT2D eigenvalue weighted by atomic mass is 10.0. The first-order valence-electron chi connectivity index (χ1n) is 14.8. The van der Waals surface area contributed by atoms with E-state index in [0.29, 0.717) is 17.0 Å². The molecule has 46 heavy (non-hydrogen) atoms. The fraction of sp³-hybridized carbons (Fsp3) is 0.257. The van der Waals surface area contributed by atoms with Crippen molar-refractivity contribution in [2.45, 2.75) is 50.2 Å². The zero-order valence-electron chi connectivity index (χ0n) is 25.9. The normalized spacial score (nSPS) is 12.5. The SMILES string of the molecule is CC[C@H](C)NC(=O)[C@H](Cc1ccccc1)N(Cc1ccc(Cl)cc1)C(=O)CN(c1cc(Cl)ccc1OC)S(=O)(=O)c1ccccc1. The summed E-state index contributed by atoms with van der Waals surface area (Å²) in [6.45, 7) is 3.23. The highest BCUT2D eigenvalue weighted by Crippen LogP contribution is 2.35. The van der Waals surface area contributed by atoms with Gasteiger partial charge in [-0.2, -0.15) is 0 Å². The number of anilines is 1. The lowest BCUT2D eigenvalue weighted by Crippen LogP contribution is -2.54. The Morgan fingerprint density at radius 1 is 0.848 bits per heavy atom. The van der Waals surface area contributed by atoms with E-state index in [1.165, 1.54) is 30.2 Å². The molecule has 11 heteroatoms. The number of sulfonamides is 1. The second-order valence-corrected chi connectivity index (χ2v) is 13.5. The van der Waals surface area contributed by atoms with Crippen molar-refractivity contribution in [1.82, 2.24) is 10.2 Å². The minimum atomic E-state index is -4.31. The zero-order valence-corrected chi connectivity index (χ0v) is 28.2. The number of nitrogens with zero attached hydrogens (tertiary/aromatic N) is 2. The van der Waals surface area contributed by atoms with Crippen LogP contribution in [0, 0.1) is 0 Å². The van der Waals surface area contributed by atoms with Crippen LogP contribution in [0.25, 0.3) is 0 Å². The second kappa shape index (κ2) is 16.0. The van der Waals surface area contributed by atoms with E-state index in [0.717, 1.165) is 9.87 Å². The van der Waals surface area contributed by atoms with Crippen LogP contribution < -0.4 is 14.4 Å². The fourth-order valence-corrected chi connectivity index (χ4v) is 6.60. The summed E-state index contributed by atoms with van der Waals surface area (Å²) in [5.74, 6) is -0.744. The molecule has 0 aliphatic carbocycles. The molecule has 4 aromatic carbocycles. The number of hydrogen-bond donors (Lipinski definition) is 1. The Morgan fingerprint density at radius 2 is 1.46 bits per heavy atom. The molecule has 1 N–H and O–H groups in total. The van der Waals surface area contributed by atoms with E-state index in [9.17, 15) is 18.0 Å². The Kier molecular flexibility index (Phi) is 12.1. The van der Waals surface area contributed by atoms with E-state index in [1.807, 2.05) is 44.2 Å². The van der Waals surface area contributed by atoms with Crippen molar-refractivity contribution in [2.75, 3.05) is 18.0 Å². The molecule has 0 heterocycles. The minimum Gasteiger partial charge on any atom is -0.495 e. The van der Waals surface area contributed by atoms with Gasteiger partial charge in [0.2, 0.25) is 11.8 Å². The fourth-order valence-electron chi connectivity index (χ4n) is 4.87. The summed E-state index contributed by atoms with van der Waals surface area (Å²) >= 11 is 12.5. The third-order valence-corrected chi connectivity index (χ3v) is 9.82. The highest BCUT2D eigenvalue weighted by Gasteiger charge is 2.36. The second-order valence-electron chi connectivity index (χ2n) is 10.8. The van der Waals surface area contributed by atoms with E-state index in [4.69, 9.17) is 27.9 Å². The van der Waals surface area contributed by atoms with Crippen molar-refractivity contribution in [2.24, 2.45) is 0 Å². The number of hydrogen-bond acceptors (Lipinski definition) is 5. The van der Waals surface area contributed by atoms with Crippen LogP contribution in [0.3, 0.4) is 0 Å². The standard InChI is InChI=1S/C35H37Cl2N3O5S/c1-4-25(2)38-35(42)32(21-26-11-7-5-8-12-26)39(23-27-15-17-28(36)18-16-27)34(41)24-40(31-22-29(37)19-20-33(31)45-3)46(43,44)30-13-9-6-10-14-30/h5-20,22,25,32H,4,21,23-24H2,1-3H3,(H,38,42)/t25-,32-/m0/s1. The third kappa shape index (κ3) is 8.81. The van der Waals surface area contributed by atoms with E-state index < -0.39 is 28.5 Å². The monoisotopic (exact) mass is 681 g/mol. The molecule has 0 aliphatic rings. The summed E-state index contributed by atoms with van der Waals surface area (Å²) in [5, 5.41) is 3.80. The van der Waals surface area contributed by atoms with Gasteiger partial charge in [0, 0.05) is 29.1 Å². The number of rotatable bonds is 14. The van der Waals surface area contributed by atoms with Crippen LogP contribution >= 0.6 is 23.2 Å². The molecule has 0 bridgehead atoms. The van der Waals surface area contributed by atoms with E-state index in [-0.39, 0.29) is 46.3 Å². The molecule has 2 amide bonds. The maximum atomic E-state index is 14.6. The number of methoxy groups -OCH3 is 1. The predicted molar refractivity (Wildman–Crippen MR) is 183 cm³/mol. The van der Waals surface area contributed by atoms with Gasteiger partial charge in [-0.05, 0) is 66.9 Å². The maximum Gasteiger partial charge on any atom is 0.264 e. The van der Waals surface area contributed by atoms with Crippen LogP contribution in [-0.4, -0.2) is 50.9 Å². The first-order chi connectivity index (χ1) is 22.0. The Labute approximate surface area is 280 Å². The molecule has 0 radical (unpaired) electrons. The largest absolute Gasteiger partial charge is 0.495 e. The topological polar surface area (TPSA) is 96.0 Å². The summed E-state index contributed by atoms with van der Waals surface area (Å²) in [5.41, 5.74) is 1.64. The Balaban J connectivity index is 1.84. The number of halogens is 2. The summed E-state index contributed by atoms with van der Waals surface area (Å²) in [6, 6.07) is 27.6. The summed E-state index contributed by atoms with van der Waals surface area (Å²) in [7, 11) is -2.90. The number of benzene rings is 4. The maximum absolute atomic E-state index is 14.6. The first-order valence-corrected chi connectivity index (χ1v) is 17.0.